The smallest absolute Gasteiger partial charge is 0.414 e. The summed E-state index contributed by atoms with van der Waals surface area (Å²) in [6.45, 7) is 0. The molecule has 0 aromatic rings. The van der Waals surface area contributed by atoms with Crippen molar-refractivity contribution in [2.24, 2.45) is 5.92 Å². The minimum absolute atomic E-state index is 0.163. The summed E-state index contributed by atoms with van der Waals surface area (Å²) in [4.78, 5) is 21.9. The number of imide groups is 1. The number of rotatable bonds is 1. The Balaban J connectivity index is 2.04. The second-order valence-corrected chi connectivity index (χ2v) is 3.36. The average Bonchev–Trinajstić information content (AvgIpc) is 2.47. The lowest BCUT2D eigenvalue weighted by molar-refractivity contribution is -0.125. The molecule has 13 heavy (non-hydrogen) atoms. The molecule has 1 aliphatic carbocycles. The van der Waals surface area contributed by atoms with Gasteiger partial charge in [0.15, 0.2) is 6.10 Å². The quantitative estimate of drug-likeness (QED) is 0.613. The highest BCUT2D eigenvalue weighted by atomic mass is 16.6. The number of amides is 2. The van der Waals surface area contributed by atoms with Crippen LogP contribution in [0.1, 0.15) is 19.3 Å². The second-order valence-electron chi connectivity index (χ2n) is 3.36. The molecule has 0 aromatic heterocycles. The highest BCUT2D eigenvalue weighted by Gasteiger charge is 2.38. The molecule has 70 valence electrons. The average molecular weight is 181 g/mol. The minimum atomic E-state index is -0.607. The molecule has 0 saturated carbocycles. The molecule has 0 bridgehead atoms. The molecular formula is C9H11NO3. The normalized spacial score (nSPS) is 32.9. The Kier molecular flexibility index (Phi) is 2.04. The third-order valence-electron chi connectivity index (χ3n) is 2.46. The van der Waals surface area contributed by atoms with Crippen molar-refractivity contribution in [3.8, 4) is 0 Å². The zero-order chi connectivity index (χ0) is 9.26. The Morgan fingerprint density at radius 1 is 1.38 bits per heavy atom. The Morgan fingerprint density at radius 2 is 2.23 bits per heavy atom. The van der Waals surface area contributed by atoms with Crippen LogP contribution < -0.4 is 5.32 Å². The third-order valence-corrected chi connectivity index (χ3v) is 2.46. The Bertz CT molecular complexity index is 272. The fourth-order valence-corrected chi connectivity index (χ4v) is 1.77. The first kappa shape index (κ1) is 8.29. The van der Waals surface area contributed by atoms with E-state index in [9.17, 15) is 9.59 Å². The zero-order valence-electron chi connectivity index (χ0n) is 7.16. The summed E-state index contributed by atoms with van der Waals surface area (Å²) in [5, 5.41) is 2.14. The standard InChI is InChI=1S/C9H11NO3/c11-8-7(13-9(12)10-8)6-4-2-1-3-5-6/h1-2,6-7H,3-5H2,(H,10,11,12). The summed E-state index contributed by atoms with van der Waals surface area (Å²) in [7, 11) is 0. The molecule has 1 fully saturated rings. The zero-order valence-corrected chi connectivity index (χ0v) is 7.16. The van der Waals surface area contributed by atoms with Crippen LogP contribution in [-0.2, 0) is 9.53 Å². The Morgan fingerprint density at radius 3 is 2.77 bits per heavy atom. The van der Waals surface area contributed by atoms with Crippen LogP contribution in [0.4, 0.5) is 4.79 Å². The van der Waals surface area contributed by atoms with Crippen LogP contribution in [0.2, 0.25) is 0 Å². The van der Waals surface area contributed by atoms with E-state index >= 15 is 0 Å². The number of ether oxygens (including phenoxy) is 1. The third kappa shape index (κ3) is 1.56. The van der Waals surface area contributed by atoms with Crippen molar-refractivity contribution < 1.29 is 14.3 Å². The lowest BCUT2D eigenvalue weighted by atomic mass is 9.89. The van der Waals surface area contributed by atoms with Crippen molar-refractivity contribution in [2.75, 3.05) is 0 Å². The number of hydrogen-bond acceptors (Lipinski definition) is 3. The van der Waals surface area contributed by atoms with Crippen LogP contribution in [0.5, 0.6) is 0 Å². The van der Waals surface area contributed by atoms with E-state index in [0.717, 1.165) is 19.3 Å². The molecule has 2 amide bonds. The fraction of sp³-hybridized carbons (Fsp3) is 0.556. The van der Waals surface area contributed by atoms with E-state index < -0.39 is 12.2 Å². The van der Waals surface area contributed by atoms with Gasteiger partial charge in [-0.25, -0.2) is 4.79 Å². The molecule has 2 atom stereocenters. The van der Waals surface area contributed by atoms with Gasteiger partial charge in [0, 0.05) is 5.92 Å². The predicted molar refractivity (Wildman–Crippen MR) is 44.9 cm³/mol. The van der Waals surface area contributed by atoms with Crippen molar-refractivity contribution in [2.45, 2.75) is 25.4 Å². The molecule has 2 rings (SSSR count). The maximum atomic E-state index is 11.2. The summed E-state index contributed by atoms with van der Waals surface area (Å²) in [6.07, 6.45) is 5.67. The summed E-state index contributed by atoms with van der Waals surface area (Å²) in [5.74, 6) is -0.123. The monoisotopic (exact) mass is 181 g/mol. The van der Waals surface area contributed by atoms with Gasteiger partial charge < -0.3 is 4.74 Å². The van der Waals surface area contributed by atoms with E-state index in [4.69, 9.17) is 4.74 Å². The number of allylic oxidation sites excluding steroid dienone is 2. The molecule has 2 aliphatic rings. The van der Waals surface area contributed by atoms with Gasteiger partial charge in [-0.15, -0.1) is 0 Å². The number of nitrogens with one attached hydrogen (secondary N) is 1. The van der Waals surface area contributed by atoms with E-state index in [1.54, 1.807) is 0 Å². The maximum Gasteiger partial charge on any atom is 0.414 e. The summed E-state index contributed by atoms with van der Waals surface area (Å²) in [5.41, 5.74) is 0. The van der Waals surface area contributed by atoms with Crippen molar-refractivity contribution in [1.82, 2.24) is 5.32 Å². The van der Waals surface area contributed by atoms with Crippen LogP contribution in [0.3, 0.4) is 0 Å². The van der Waals surface area contributed by atoms with Crippen LogP contribution in [0.25, 0.3) is 0 Å². The molecule has 0 radical (unpaired) electrons. The summed E-state index contributed by atoms with van der Waals surface area (Å²) < 4.78 is 4.88. The minimum Gasteiger partial charge on any atom is -0.435 e. The maximum absolute atomic E-state index is 11.2. The Labute approximate surface area is 75.9 Å². The van der Waals surface area contributed by atoms with Gasteiger partial charge in [0.05, 0.1) is 0 Å². The molecule has 1 aliphatic heterocycles. The SMILES string of the molecule is O=C1NC(=O)C(C2CC=CCC2)O1. The first-order valence-electron chi connectivity index (χ1n) is 4.44. The lowest BCUT2D eigenvalue weighted by Crippen LogP contribution is -2.31. The van der Waals surface area contributed by atoms with Crippen LogP contribution >= 0.6 is 0 Å². The van der Waals surface area contributed by atoms with E-state index in [1.165, 1.54) is 0 Å². The van der Waals surface area contributed by atoms with Crippen molar-refractivity contribution >= 4 is 12.0 Å². The lowest BCUT2D eigenvalue weighted by Gasteiger charge is -2.20. The molecular weight excluding hydrogens is 170 g/mol. The van der Waals surface area contributed by atoms with Gasteiger partial charge in [-0.1, -0.05) is 12.2 Å². The number of carbonyl (C=O) groups excluding carboxylic acids is 2. The molecule has 4 nitrogen and oxygen atoms in total. The van der Waals surface area contributed by atoms with E-state index in [0.29, 0.717) is 0 Å². The highest BCUT2D eigenvalue weighted by molar-refractivity contribution is 6.00. The molecule has 1 N–H and O–H groups in total. The molecule has 0 spiro atoms. The molecule has 1 heterocycles. The van der Waals surface area contributed by atoms with E-state index in [1.807, 2.05) is 6.08 Å². The van der Waals surface area contributed by atoms with Gasteiger partial charge in [0.25, 0.3) is 5.91 Å². The molecule has 2 unspecified atom stereocenters. The van der Waals surface area contributed by atoms with Crippen molar-refractivity contribution in [3.05, 3.63) is 12.2 Å². The number of carbonyl (C=O) groups is 2. The van der Waals surface area contributed by atoms with Gasteiger partial charge in [0.1, 0.15) is 0 Å². The van der Waals surface area contributed by atoms with Crippen LogP contribution in [0.15, 0.2) is 12.2 Å². The van der Waals surface area contributed by atoms with Crippen LogP contribution in [-0.4, -0.2) is 18.1 Å². The van der Waals surface area contributed by atoms with E-state index in [-0.39, 0.29) is 11.8 Å². The summed E-state index contributed by atoms with van der Waals surface area (Å²) in [6, 6.07) is 0. The van der Waals surface area contributed by atoms with Gasteiger partial charge in [0.2, 0.25) is 0 Å². The number of alkyl carbamates (subject to hydrolysis) is 1. The van der Waals surface area contributed by atoms with Gasteiger partial charge >= 0.3 is 6.09 Å². The fourth-order valence-electron chi connectivity index (χ4n) is 1.77. The highest BCUT2D eigenvalue weighted by Crippen LogP contribution is 2.25. The van der Waals surface area contributed by atoms with Gasteiger partial charge in [-0.2, -0.15) is 0 Å². The molecule has 4 heteroatoms. The predicted octanol–water partition coefficient (Wildman–Crippen LogP) is 0.978. The number of hydrogen-bond donors (Lipinski definition) is 1. The molecule has 1 saturated heterocycles. The summed E-state index contributed by atoms with van der Waals surface area (Å²) >= 11 is 0. The Hall–Kier alpha value is -1.32. The van der Waals surface area contributed by atoms with Crippen LogP contribution in [0, 0.1) is 5.92 Å². The van der Waals surface area contributed by atoms with E-state index in [2.05, 4.69) is 11.4 Å². The number of cyclic esters (lactones) is 1. The largest absolute Gasteiger partial charge is 0.435 e. The first-order chi connectivity index (χ1) is 6.27. The van der Waals surface area contributed by atoms with Crippen molar-refractivity contribution in [1.29, 1.82) is 0 Å². The second kappa shape index (κ2) is 3.20. The molecule has 0 aromatic carbocycles. The first-order valence-corrected chi connectivity index (χ1v) is 4.44. The van der Waals surface area contributed by atoms with Gasteiger partial charge in [-0.05, 0) is 19.3 Å². The topological polar surface area (TPSA) is 55.4 Å². The van der Waals surface area contributed by atoms with Crippen molar-refractivity contribution in [3.63, 3.8) is 0 Å². The van der Waals surface area contributed by atoms with Gasteiger partial charge in [-0.3, -0.25) is 10.1 Å².